The van der Waals surface area contributed by atoms with Crippen molar-refractivity contribution in [1.82, 2.24) is 25.2 Å². The van der Waals surface area contributed by atoms with E-state index in [1.165, 1.54) is 17.2 Å². The van der Waals surface area contributed by atoms with Gasteiger partial charge in [-0.05, 0) is 37.4 Å². The Morgan fingerprint density at radius 2 is 2.13 bits per heavy atom. The number of hydrogen-bond acceptors (Lipinski definition) is 4. The van der Waals surface area contributed by atoms with E-state index in [4.69, 9.17) is 0 Å². The van der Waals surface area contributed by atoms with Gasteiger partial charge < -0.3 is 10.2 Å². The molecule has 0 radical (unpaired) electrons. The number of amides is 1. The van der Waals surface area contributed by atoms with Crippen molar-refractivity contribution in [3.63, 3.8) is 0 Å². The minimum absolute atomic E-state index is 0.0546. The number of benzene rings is 1. The van der Waals surface area contributed by atoms with Crippen molar-refractivity contribution in [2.24, 2.45) is 5.92 Å². The number of carbonyl (C=O) groups excluding carboxylic acids is 1. The number of piperidine rings is 1. The molecule has 23 heavy (non-hydrogen) atoms. The lowest BCUT2D eigenvalue weighted by atomic mass is 9.84. The van der Waals surface area contributed by atoms with Gasteiger partial charge in [-0.15, -0.1) is 0 Å². The van der Waals surface area contributed by atoms with Gasteiger partial charge in [0.15, 0.2) is 0 Å². The fraction of sp³-hybridized carbons (Fsp3) is 0.438. The number of hydrogen-bond donors (Lipinski definition) is 1. The highest BCUT2D eigenvalue weighted by Gasteiger charge is 2.38. The van der Waals surface area contributed by atoms with Crippen LogP contribution in [0.2, 0.25) is 0 Å². The average Bonchev–Trinajstić information content (AvgIpc) is 3.04. The Bertz CT molecular complexity index is 745. The standard InChI is InChI=1S/C16H18FN5O/c1-10-2-3-13(22-19-5-6-20-22)14(15(10)17)16(23)21-7-4-11-8-18-12(11)9-21/h2-3,5-6,11-12,18H,4,7-9H2,1H3/t11-,12-/m0/s1. The number of nitrogens with zero attached hydrogens (tertiary/aromatic N) is 4. The maximum absolute atomic E-state index is 14.7. The first kappa shape index (κ1) is 14.3. The maximum Gasteiger partial charge on any atom is 0.259 e. The Labute approximate surface area is 133 Å². The van der Waals surface area contributed by atoms with E-state index < -0.39 is 5.82 Å². The van der Waals surface area contributed by atoms with Crippen molar-refractivity contribution >= 4 is 5.91 Å². The zero-order valence-electron chi connectivity index (χ0n) is 12.9. The summed E-state index contributed by atoms with van der Waals surface area (Å²) in [5.74, 6) is -0.132. The molecular formula is C16H18FN5O. The van der Waals surface area contributed by atoms with E-state index in [1.54, 1.807) is 24.0 Å². The summed E-state index contributed by atoms with van der Waals surface area (Å²) in [5.41, 5.74) is 0.881. The predicted octanol–water partition coefficient (Wildman–Crippen LogP) is 1.15. The third-order valence-electron chi connectivity index (χ3n) is 4.85. The molecule has 7 heteroatoms. The number of likely N-dealkylation sites (tertiary alicyclic amines) is 1. The second-order valence-corrected chi connectivity index (χ2v) is 6.22. The van der Waals surface area contributed by atoms with E-state index in [0.29, 0.717) is 36.3 Å². The van der Waals surface area contributed by atoms with Gasteiger partial charge in [-0.1, -0.05) is 6.07 Å². The van der Waals surface area contributed by atoms with Gasteiger partial charge in [0.2, 0.25) is 0 Å². The summed E-state index contributed by atoms with van der Waals surface area (Å²) < 4.78 is 14.7. The molecule has 1 aromatic carbocycles. The SMILES string of the molecule is Cc1ccc(-n2nccn2)c(C(=O)N2CC[C@H]3CN[C@H]3C2)c1F. The minimum Gasteiger partial charge on any atom is -0.337 e. The molecule has 2 saturated heterocycles. The fourth-order valence-electron chi connectivity index (χ4n) is 3.34. The average molecular weight is 315 g/mol. The summed E-state index contributed by atoms with van der Waals surface area (Å²) in [7, 11) is 0. The summed E-state index contributed by atoms with van der Waals surface area (Å²) >= 11 is 0. The van der Waals surface area contributed by atoms with Crippen LogP contribution in [0.1, 0.15) is 22.3 Å². The molecule has 2 aliphatic rings. The van der Waals surface area contributed by atoms with Crippen molar-refractivity contribution in [2.75, 3.05) is 19.6 Å². The van der Waals surface area contributed by atoms with Crippen LogP contribution >= 0.6 is 0 Å². The topological polar surface area (TPSA) is 63.1 Å². The highest BCUT2D eigenvalue weighted by atomic mass is 19.1. The minimum atomic E-state index is -0.492. The van der Waals surface area contributed by atoms with Gasteiger partial charge in [0.1, 0.15) is 17.1 Å². The number of fused-ring (bicyclic) bond motifs is 1. The summed E-state index contributed by atoms with van der Waals surface area (Å²) in [6.45, 7) is 3.98. The van der Waals surface area contributed by atoms with Crippen LogP contribution in [0.3, 0.4) is 0 Å². The fourth-order valence-corrected chi connectivity index (χ4v) is 3.34. The van der Waals surface area contributed by atoms with Gasteiger partial charge in [-0.25, -0.2) is 4.39 Å². The molecule has 0 saturated carbocycles. The molecule has 0 bridgehead atoms. The van der Waals surface area contributed by atoms with E-state index in [0.717, 1.165) is 13.0 Å². The molecule has 0 unspecified atom stereocenters. The molecule has 2 aromatic rings. The molecule has 1 N–H and O–H groups in total. The molecule has 2 aliphatic heterocycles. The van der Waals surface area contributed by atoms with Crippen LogP contribution in [0.5, 0.6) is 0 Å². The van der Waals surface area contributed by atoms with E-state index in [2.05, 4.69) is 15.5 Å². The quantitative estimate of drug-likeness (QED) is 0.903. The van der Waals surface area contributed by atoms with E-state index >= 15 is 0 Å². The number of halogens is 1. The number of carbonyl (C=O) groups is 1. The Kier molecular flexibility index (Phi) is 3.37. The maximum atomic E-state index is 14.7. The summed E-state index contributed by atoms with van der Waals surface area (Å²) in [6, 6.07) is 3.68. The molecule has 0 spiro atoms. The first-order chi connectivity index (χ1) is 11.1. The molecule has 2 fully saturated rings. The van der Waals surface area contributed by atoms with Crippen LogP contribution in [-0.4, -0.2) is 51.5 Å². The predicted molar refractivity (Wildman–Crippen MR) is 81.9 cm³/mol. The van der Waals surface area contributed by atoms with Gasteiger partial charge in [-0.3, -0.25) is 4.79 Å². The smallest absolute Gasteiger partial charge is 0.259 e. The summed E-state index contributed by atoms with van der Waals surface area (Å²) in [4.78, 5) is 16.0. The van der Waals surface area contributed by atoms with Crippen LogP contribution in [-0.2, 0) is 0 Å². The van der Waals surface area contributed by atoms with E-state index in [1.807, 2.05) is 0 Å². The Hall–Kier alpha value is -2.28. The molecule has 2 atom stereocenters. The summed E-state index contributed by atoms with van der Waals surface area (Å²) in [6.07, 6.45) is 3.98. The first-order valence-corrected chi connectivity index (χ1v) is 7.83. The number of aromatic nitrogens is 3. The van der Waals surface area contributed by atoms with E-state index in [-0.39, 0.29) is 11.5 Å². The number of rotatable bonds is 2. The monoisotopic (exact) mass is 315 g/mol. The zero-order chi connectivity index (χ0) is 16.0. The third kappa shape index (κ3) is 2.31. The van der Waals surface area contributed by atoms with Crippen molar-refractivity contribution in [3.05, 3.63) is 41.5 Å². The highest BCUT2D eigenvalue weighted by molar-refractivity contribution is 5.98. The largest absolute Gasteiger partial charge is 0.337 e. The lowest BCUT2D eigenvalue weighted by Crippen LogP contribution is -2.62. The van der Waals surface area contributed by atoms with Crippen molar-refractivity contribution in [3.8, 4) is 5.69 Å². The van der Waals surface area contributed by atoms with Crippen molar-refractivity contribution in [1.29, 1.82) is 0 Å². The number of nitrogens with one attached hydrogen (secondary N) is 1. The lowest BCUT2D eigenvalue weighted by Gasteiger charge is -2.46. The molecule has 120 valence electrons. The van der Waals surface area contributed by atoms with Crippen LogP contribution in [0, 0.1) is 18.7 Å². The molecule has 0 aliphatic carbocycles. The van der Waals surface area contributed by atoms with Gasteiger partial charge >= 0.3 is 0 Å². The number of aryl methyl sites for hydroxylation is 1. The van der Waals surface area contributed by atoms with Crippen LogP contribution in [0.15, 0.2) is 24.5 Å². The van der Waals surface area contributed by atoms with Crippen molar-refractivity contribution in [2.45, 2.75) is 19.4 Å². The molecule has 3 heterocycles. The van der Waals surface area contributed by atoms with Crippen LogP contribution < -0.4 is 5.32 Å². The normalized spacial score (nSPS) is 23.3. The highest BCUT2D eigenvalue weighted by Crippen LogP contribution is 2.27. The van der Waals surface area contributed by atoms with Gasteiger partial charge in [0.05, 0.1) is 12.4 Å². The first-order valence-electron chi connectivity index (χ1n) is 7.83. The van der Waals surface area contributed by atoms with Crippen LogP contribution in [0.4, 0.5) is 4.39 Å². The molecule has 1 aromatic heterocycles. The lowest BCUT2D eigenvalue weighted by molar-refractivity contribution is 0.0514. The molecule has 4 rings (SSSR count). The Morgan fingerprint density at radius 3 is 2.78 bits per heavy atom. The molecular weight excluding hydrogens is 297 g/mol. The third-order valence-corrected chi connectivity index (χ3v) is 4.85. The van der Waals surface area contributed by atoms with Gasteiger partial charge in [0.25, 0.3) is 5.91 Å². The van der Waals surface area contributed by atoms with Crippen LogP contribution in [0.25, 0.3) is 5.69 Å². The van der Waals surface area contributed by atoms with E-state index in [9.17, 15) is 9.18 Å². The second-order valence-electron chi connectivity index (χ2n) is 6.22. The summed E-state index contributed by atoms with van der Waals surface area (Å²) in [5, 5.41) is 11.4. The van der Waals surface area contributed by atoms with Crippen molar-refractivity contribution < 1.29 is 9.18 Å². The van der Waals surface area contributed by atoms with Gasteiger partial charge in [0, 0.05) is 19.1 Å². The zero-order valence-corrected chi connectivity index (χ0v) is 12.9. The second kappa shape index (κ2) is 5.42. The molecule has 1 amide bonds. The Morgan fingerprint density at radius 1 is 1.35 bits per heavy atom. The van der Waals surface area contributed by atoms with Gasteiger partial charge in [-0.2, -0.15) is 15.0 Å². The molecule has 6 nitrogen and oxygen atoms in total. The Balaban J connectivity index is 1.72.